The van der Waals surface area contributed by atoms with Crippen LogP contribution >= 0.6 is 0 Å². The summed E-state index contributed by atoms with van der Waals surface area (Å²) < 4.78 is 13.0. The van der Waals surface area contributed by atoms with Crippen LogP contribution in [-0.4, -0.2) is 18.3 Å². The fraction of sp³-hybridized carbons (Fsp3) is 0.500. The number of aliphatic hydroxyl groups is 1. The van der Waals surface area contributed by atoms with Gasteiger partial charge in [-0.1, -0.05) is 13.0 Å². The average Bonchev–Trinajstić information content (AvgIpc) is 2.23. The summed E-state index contributed by atoms with van der Waals surface area (Å²) in [4.78, 5) is 0. The van der Waals surface area contributed by atoms with E-state index in [1.807, 2.05) is 13.8 Å². The molecule has 0 amide bonds. The minimum atomic E-state index is -0.363. The van der Waals surface area contributed by atoms with Crippen molar-refractivity contribution in [3.05, 3.63) is 35.1 Å². The third-order valence-corrected chi connectivity index (χ3v) is 2.80. The predicted molar refractivity (Wildman–Crippen MR) is 59.1 cm³/mol. The van der Waals surface area contributed by atoms with E-state index in [1.165, 1.54) is 12.1 Å². The molecular formula is C12H18FNO. The second-order valence-electron chi connectivity index (χ2n) is 4.42. The lowest BCUT2D eigenvalue weighted by Crippen LogP contribution is -2.33. The molecule has 1 atom stereocenters. The summed E-state index contributed by atoms with van der Waals surface area (Å²) in [5.74, 6) is -0.243. The Bertz CT molecular complexity index is 334. The van der Waals surface area contributed by atoms with Crippen LogP contribution in [0.15, 0.2) is 18.2 Å². The lowest BCUT2D eigenvalue weighted by atomic mass is 9.83. The molecule has 0 bridgehead atoms. The van der Waals surface area contributed by atoms with E-state index in [2.05, 4.69) is 0 Å². The zero-order valence-electron chi connectivity index (χ0n) is 9.26. The number of aryl methyl sites for hydroxylation is 1. The van der Waals surface area contributed by atoms with Crippen molar-refractivity contribution >= 4 is 0 Å². The van der Waals surface area contributed by atoms with E-state index in [4.69, 9.17) is 5.73 Å². The molecule has 1 rings (SSSR count). The van der Waals surface area contributed by atoms with Crippen molar-refractivity contribution in [2.24, 2.45) is 11.1 Å². The molecule has 0 radical (unpaired) electrons. The molecule has 0 heterocycles. The first-order chi connectivity index (χ1) is 7.00. The molecule has 0 spiro atoms. The maximum atomic E-state index is 13.0. The highest BCUT2D eigenvalue weighted by atomic mass is 19.1. The van der Waals surface area contributed by atoms with Gasteiger partial charge in [0.25, 0.3) is 0 Å². The van der Waals surface area contributed by atoms with Crippen molar-refractivity contribution < 1.29 is 9.50 Å². The van der Waals surface area contributed by atoms with Gasteiger partial charge in [0.15, 0.2) is 0 Å². The number of benzene rings is 1. The monoisotopic (exact) mass is 211 g/mol. The van der Waals surface area contributed by atoms with Gasteiger partial charge < -0.3 is 10.8 Å². The lowest BCUT2D eigenvalue weighted by molar-refractivity contribution is 0.149. The molecule has 0 aliphatic heterocycles. The molecule has 0 fully saturated rings. The van der Waals surface area contributed by atoms with Crippen LogP contribution in [0, 0.1) is 18.2 Å². The highest BCUT2D eigenvalue weighted by molar-refractivity contribution is 5.27. The number of halogens is 1. The summed E-state index contributed by atoms with van der Waals surface area (Å²) in [5.41, 5.74) is 7.18. The van der Waals surface area contributed by atoms with Crippen LogP contribution in [0.25, 0.3) is 0 Å². The summed E-state index contributed by atoms with van der Waals surface area (Å²) in [6.07, 6.45) is 0.601. The second-order valence-corrected chi connectivity index (χ2v) is 4.42. The zero-order chi connectivity index (χ0) is 11.5. The Balaban J connectivity index is 2.92. The molecule has 0 aliphatic rings. The van der Waals surface area contributed by atoms with E-state index in [0.717, 1.165) is 11.1 Å². The first kappa shape index (κ1) is 12.1. The van der Waals surface area contributed by atoms with E-state index in [1.54, 1.807) is 6.07 Å². The number of aliphatic hydroxyl groups excluding tert-OH is 1. The molecule has 15 heavy (non-hydrogen) atoms. The molecule has 1 aromatic carbocycles. The summed E-state index contributed by atoms with van der Waals surface area (Å²) in [6.45, 7) is 4.24. The van der Waals surface area contributed by atoms with Crippen LogP contribution in [-0.2, 0) is 6.42 Å². The first-order valence-electron chi connectivity index (χ1n) is 5.07. The van der Waals surface area contributed by atoms with Gasteiger partial charge in [0.2, 0.25) is 0 Å². The third-order valence-electron chi connectivity index (χ3n) is 2.80. The Labute approximate surface area is 89.9 Å². The van der Waals surface area contributed by atoms with Crippen LogP contribution in [0.3, 0.4) is 0 Å². The SMILES string of the molecule is Cc1ccc(F)cc1CC(C)(CN)CO. The number of hydrogen-bond acceptors (Lipinski definition) is 2. The molecule has 0 aromatic heterocycles. The van der Waals surface area contributed by atoms with Crippen molar-refractivity contribution in [2.45, 2.75) is 20.3 Å². The molecular weight excluding hydrogens is 193 g/mol. The van der Waals surface area contributed by atoms with Gasteiger partial charge in [0.05, 0.1) is 0 Å². The van der Waals surface area contributed by atoms with Gasteiger partial charge in [-0.2, -0.15) is 0 Å². The van der Waals surface area contributed by atoms with Gasteiger partial charge in [0.1, 0.15) is 5.82 Å². The van der Waals surface area contributed by atoms with Gasteiger partial charge in [-0.15, -0.1) is 0 Å². The average molecular weight is 211 g/mol. The molecule has 0 aliphatic carbocycles. The summed E-state index contributed by atoms with van der Waals surface area (Å²) in [5, 5.41) is 9.23. The largest absolute Gasteiger partial charge is 0.396 e. The van der Waals surface area contributed by atoms with E-state index in [-0.39, 0.29) is 17.8 Å². The molecule has 3 N–H and O–H groups in total. The molecule has 3 heteroatoms. The molecule has 2 nitrogen and oxygen atoms in total. The van der Waals surface area contributed by atoms with Crippen molar-refractivity contribution in [3.63, 3.8) is 0 Å². The summed E-state index contributed by atoms with van der Waals surface area (Å²) in [6, 6.07) is 4.70. The number of rotatable bonds is 4. The molecule has 1 aromatic rings. The lowest BCUT2D eigenvalue weighted by Gasteiger charge is -2.26. The van der Waals surface area contributed by atoms with Crippen molar-refractivity contribution in [1.29, 1.82) is 0 Å². The Morgan fingerprint density at radius 3 is 2.67 bits per heavy atom. The van der Waals surface area contributed by atoms with Gasteiger partial charge >= 0.3 is 0 Å². The Morgan fingerprint density at radius 2 is 2.13 bits per heavy atom. The van der Waals surface area contributed by atoms with Crippen LogP contribution in [0.1, 0.15) is 18.1 Å². The molecule has 84 valence electrons. The van der Waals surface area contributed by atoms with E-state index in [9.17, 15) is 9.50 Å². The minimum absolute atomic E-state index is 0.0133. The number of nitrogens with two attached hydrogens (primary N) is 1. The first-order valence-corrected chi connectivity index (χ1v) is 5.07. The van der Waals surface area contributed by atoms with Crippen LogP contribution in [0.5, 0.6) is 0 Å². The standard InChI is InChI=1S/C12H18FNO/c1-9-3-4-11(13)5-10(9)6-12(2,7-14)8-15/h3-5,15H,6-8,14H2,1-2H3. The smallest absolute Gasteiger partial charge is 0.123 e. The van der Waals surface area contributed by atoms with Crippen molar-refractivity contribution in [2.75, 3.05) is 13.2 Å². The third kappa shape index (κ3) is 3.01. The minimum Gasteiger partial charge on any atom is -0.396 e. The Morgan fingerprint density at radius 1 is 1.47 bits per heavy atom. The maximum Gasteiger partial charge on any atom is 0.123 e. The second kappa shape index (κ2) is 4.73. The normalized spacial score (nSPS) is 15.0. The highest BCUT2D eigenvalue weighted by Crippen LogP contribution is 2.23. The van der Waals surface area contributed by atoms with Crippen molar-refractivity contribution in [1.82, 2.24) is 0 Å². The molecule has 0 saturated carbocycles. The Kier molecular flexibility index (Phi) is 3.83. The zero-order valence-corrected chi connectivity index (χ0v) is 9.26. The van der Waals surface area contributed by atoms with Crippen LogP contribution in [0.4, 0.5) is 4.39 Å². The fourth-order valence-electron chi connectivity index (χ4n) is 1.48. The highest BCUT2D eigenvalue weighted by Gasteiger charge is 2.22. The van der Waals surface area contributed by atoms with Gasteiger partial charge in [-0.3, -0.25) is 0 Å². The maximum absolute atomic E-state index is 13.0. The molecule has 0 saturated heterocycles. The van der Waals surface area contributed by atoms with Crippen LogP contribution < -0.4 is 5.73 Å². The van der Waals surface area contributed by atoms with E-state index in [0.29, 0.717) is 13.0 Å². The summed E-state index contributed by atoms with van der Waals surface area (Å²) >= 11 is 0. The van der Waals surface area contributed by atoms with Gasteiger partial charge in [0, 0.05) is 18.6 Å². The van der Waals surface area contributed by atoms with Crippen LogP contribution in [0.2, 0.25) is 0 Å². The fourth-order valence-corrected chi connectivity index (χ4v) is 1.48. The van der Waals surface area contributed by atoms with Gasteiger partial charge in [-0.05, 0) is 36.6 Å². The Hall–Kier alpha value is -0.930. The summed E-state index contributed by atoms with van der Waals surface area (Å²) in [7, 11) is 0. The topological polar surface area (TPSA) is 46.2 Å². The van der Waals surface area contributed by atoms with E-state index < -0.39 is 0 Å². The number of hydrogen-bond donors (Lipinski definition) is 2. The van der Waals surface area contributed by atoms with E-state index >= 15 is 0 Å². The van der Waals surface area contributed by atoms with Crippen molar-refractivity contribution in [3.8, 4) is 0 Å². The van der Waals surface area contributed by atoms with Gasteiger partial charge in [-0.25, -0.2) is 4.39 Å². The molecule has 1 unspecified atom stereocenters. The predicted octanol–water partition coefficient (Wildman–Crippen LogP) is 1.63. The quantitative estimate of drug-likeness (QED) is 0.795.